The number of nitrogens with one attached hydrogen (secondary N) is 1. The van der Waals surface area contributed by atoms with Crippen LogP contribution in [0.1, 0.15) is 59.6 Å². The van der Waals surface area contributed by atoms with Crippen molar-refractivity contribution in [2.24, 2.45) is 0 Å². The van der Waals surface area contributed by atoms with E-state index in [1.807, 2.05) is 12.3 Å². The van der Waals surface area contributed by atoms with Crippen molar-refractivity contribution in [1.29, 1.82) is 0 Å². The Morgan fingerprint density at radius 2 is 1.97 bits per heavy atom. The second kappa shape index (κ2) is 7.82. The zero-order chi connectivity index (χ0) is 20.5. The number of benzene rings is 2. The average molecular weight is 399 g/mol. The first kappa shape index (κ1) is 18.7. The largest absolute Gasteiger partial charge is 0.478 e. The van der Waals surface area contributed by atoms with Crippen LogP contribution in [0.2, 0.25) is 0 Å². The Balaban J connectivity index is 1.63. The maximum atomic E-state index is 11.5. The number of carbonyl (C=O) groups is 1. The van der Waals surface area contributed by atoms with E-state index in [-0.39, 0.29) is 0 Å². The third-order valence-electron chi connectivity index (χ3n) is 6.29. The molecule has 5 nitrogen and oxygen atoms in total. The number of H-pyrrole nitrogens is 1. The number of hydrogen-bond acceptors (Lipinski definition) is 2. The molecule has 2 aromatic heterocycles. The zero-order valence-corrected chi connectivity index (χ0v) is 16.8. The van der Waals surface area contributed by atoms with Gasteiger partial charge >= 0.3 is 5.97 Å². The third-order valence-corrected chi connectivity index (χ3v) is 6.29. The van der Waals surface area contributed by atoms with Gasteiger partial charge in [0.15, 0.2) is 0 Å². The normalized spacial score (nSPS) is 14.9. The quantitative estimate of drug-likeness (QED) is 0.444. The van der Waals surface area contributed by atoms with Gasteiger partial charge in [-0.25, -0.2) is 9.78 Å². The molecule has 0 radical (unpaired) electrons. The summed E-state index contributed by atoms with van der Waals surface area (Å²) < 4.78 is 2.19. The molecule has 0 spiro atoms. The molecule has 4 aromatic rings. The van der Waals surface area contributed by atoms with E-state index in [1.165, 1.54) is 43.2 Å². The Morgan fingerprint density at radius 1 is 1.10 bits per heavy atom. The molecule has 0 amide bonds. The summed E-state index contributed by atoms with van der Waals surface area (Å²) in [5, 5.41) is 10.5. The van der Waals surface area contributed by atoms with Crippen LogP contribution >= 0.6 is 0 Å². The van der Waals surface area contributed by atoms with Crippen molar-refractivity contribution in [3.05, 3.63) is 77.9 Å². The summed E-state index contributed by atoms with van der Waals surface area (Å²) >= 11 is 0. The predicted molar refractivity (Wildman–Crippen MR) is 118 cm³/mol. The van der Waals surface area contributed by atoms with Crippen molar-refractivity contribution in [3.63, 3.8) is 0 Å². The molecule has 0 unspecified atom stereocenters. The van der Waals surface area contributed by atoms with E-state index in [1.54, 1.807) is 18.5 Å². The van der Waals surface area contributed by atoms with Crippen LogP contribution in [-0.4, -0.2) is 25.6 Å². The van der Waals surface area contributed by atoms with Crippen molar-refractivity contribution in [2.45, 2.75) is 44.6 Å². The van der Waals surface area contributed by atoms with Gasteiger partial charge in [-0.2, -0.15) is 0 Å². The lowest BCUT2D eigenvalue weighted by Gasteiger charge is -2.22. The molecule has 5 rings (SSSR count). The van der Waals surface area contributed by atoms with E-state index in [9.17, 15) is 9.90 Å². The minimum atomic E-state index is -0.910. The van der Waals surface area contributed by atoms with E-state index in [0.717, 1.165) is 22.3 Å². The first-order chi connectivity index (χ1) is 14.7. The van der Waals surface area contributed by atoms with Gasteiger partial charge in [-0.05, 0) is 54.2 Å². The lowest BCUT2D eigenvalue weighted by molar-refractivity contribution is 0.0697. The number of aromatic nitrogens is 3. The second-order valence-corrected chi connectivity index (χ2v) is 8.23. The number of nitrogens with zero attached hydrogens (tertiary/aromatic N) is 2. The molecule has 1 aliphatic rings. The molecule has 152 valence electrons. The van der Waals surface area contributed by atoms with Crippen molar-refractivity contribution in [2.75, 3.05) is 0 Å². The van der Waals surface area contributed by atoms with E-state index in [2.05, 4.69) is 44.9 Å². The molecular formula is C25H25N3O2. The van der Waals surface area contributed by atoms with Crippen LogP contribution in [0.5, 0.6) is 0 Å². The van der Waals surface area contributed by atoms with Gasteiger partial charge in [-0.3, -0.25) is 0 Å². The van der Waals surface area contributed by atoms with Crippen LogP contribution in [0.4, 0.5) is 0 Å². The van der Waals surface area contributed by atoms with Crippen molar-refractivity contribution >= 4 is 16.9 Å². The van der Waals surface area contributed by atoms with Gasteiger partial charge in [0.2, 0.25) is 0 Å². The number of rotatable bonds is 5. The van der Waals surface area contributed by atoms with Crippen LogP contribution in [0, 0.1) is 0 Å². The molecular weight excluding hydrogens is 374 g/mol. The highest BCUT2D eigenvalue weighted by molar-refractivity contribution is 5.95. The Hall–Kier alpha value is -3.34. The summed E-state index contributed by atoms with van der Waals surface area (Å²) in [5.41, 5.74) is 5.89. The third kappa shape index (κ3) is 3.52. The number of imidazole rings is 1. The topological polar surface area (TPSA) is 70.9 Å². The average Bonchev–Trinajstić information content (AvgIpc) is 3.42. The summed E-state index contributed by atoms with van der Waals surface area (Å²) in [6.07, 6.45) is 9.99. The molecule has 30 heavy (non-hydrogen) atoms. The van der Waals surface area contributed by atoms with Crippen LogP contribution in [0.3, 0.4) is 0 Å². The van der Waals surface area contributed by atoms with Crippen LogP contribution in [-0.2, 0) is 6.54 Å². The van der Waals surface area contributed by atoms with E-state index in [4.69, 9.17) is 0 Å². The highest BCUT2D eigenvalue weighted by atomic mass is 16.4. The lowest BCUT2D eigenvalue weighted by atomic mass is 9.83. The zero-order valence-electron chi connectivity index (χ0n) is 16.8. The highest BCUT2D eigenvalue weighted by Gasteiger charge is 2.18. The second-order valence-electron chi connectivity index (χ2n) is 8.23. The van der Waals surface area contributed by atoms with Crippen molar-refractivity contribution in [1.82, 2.24) is 14.5 Å². The van der Waals surface area contributed by atoms with Crippen LogP contribution < -0.4 is 0 Å². The monoisotopic (exact) mass is 399 g/mol. The van der Waals surface area contributed by atoms with Gasteiger partial charge in [0.05, 0.1) is 24.1 Å². The van der Waals surface area contributed by atoms with Crippen LogP contribution in [0.25, 0.3) is 22.2 Å². The Labute approximate surface area is 175 Å². The molecule has 2 aromatic carbocycles. The molecule has 2 N–H and O–H groups in total. The summed E-state index contributed by atoms with van der Waals surface area (Å²) in [6.45, 7) is 0.607. The van der Waals surface area contributed by atoms with Gasteiger partial charge in [-0.1, -0.05) is 43.5 Å². The smallest absolute Gasteiger partial charge is 0.335 e. The molecule has 1 aliphatic carbocycles. The minimum Gasteiger partial charge on any atom is -0.478 e. The molecule has 0 saturated heterocycles. The Morgan fingerprint density at radius 3 is 2.73 bits per heavy atom. The van der Waals surface area contributed by atoms with E-state index in [0.29, 0.717) is 18.0 Å². The molecule has 0 aliphatic heterocycles. The molecule has 0 atom stereocenters. The molecule has 1 saturated carbocycles. The minimum absolute atomic E-state index is 0.300. The lowest BCUT2D eigenvalue weighted by Crippen LogP contribution is -2.06. The van der Waals surface area contributed by atoms with Gasteiger partial charge in [-0.15, -0.1) is 0 Å². The van der Waals surface area contributed by atoms with Gasteiger partial charge in [0, 0.05) is 22.8 Å². The Bertz CT molecular complexity index is 1180. The van der Waals surface area contributed by atoms with E-state index >= 15 is 0 Å². The standard InChI is InChI=1S/C25H25N3O2/c29-25(30)21-10-9-20-12-23(28(24(20)13-21)15-22-14-26-16-27-22)19-8-4-7-18(11-19)17-5-2-1-3-6-17/h4,7-14,16-17H,1-3,5-6,15H2,(H,26,27)(H,29,30). The first-order valence-corrected chi connectivity index (χ1v) is 10.6. The summed E-state index contributed by atoms with van der Waals surface area (Å²) in [7, 11) is 0. The molecule has 2 heterocycles. The highest BCUT2D eigenvalue weighted by Crippen LogP contribution is 2.36. The number of hydrogen-bond donors (Lipinski definition) is 2. The number of aromatic carboxylic acids is 1. The number of fused-ring (bicyclic) bond motifs is 1. The fourth-order valence-electron chi connectivity index (χ4n) is 4.73. The Kier molecular flexibility index (Phi) is 4.87. The summed E-state index contributed by atoms with van der Waals surface area (Å²) in [6, 6.07) is 16.4. The maximum Gasteiger partial charge on any atom is 0.335 e. The SMILES string of the molecule is O=C(O)c1ccc2cc(-c3cccc(C4CCCCC4)c3)n(Cc3cnc[nH]3)c2c1. The van der Waals surface area contributed by atoms with Crippen molar-refractivity contribution in [3.8, 4) is 11.3 Å². The van der Waals surface area contributed by atoms with Gasteiger partial charge in [0.25, 0.3) is 0 Å². The van der Waals surface area contributed by atoms with Crippen LogP contribution in [0.15, 0.2) is 61.1 Å². The predicted octanol–water partition coefficient (Wildman–Crippen LogP) is 5.83. The number of carboxylic acids is 1. The maximum absolute atomic E-state index is 11.5. The molecule has 1 fully saturated rings. The fraction of sp³-hybridized carbons (Fsp3) is 0.280. The molecule has 0 bridgehead atoms. The first-order valence-electron chi connectivity index (χ1n) is 10.6. The summed E-state index contributed by atoms with van der Waals surface area (Å²) in [4.78, 5) is 18.9. The van der Waals surface area contributed by atoms with Gasteiger partial charge in [0.1, 0.15) is 0 Å². The van der Waals surface area contributed by atoms with Crippen molar-refractivity contribution < 1.29 is 9.90 Å². The van der Waals surface area contributed by atoms with E-state index < -0.39 is 5.97 Å². The molecule has 5 heteroatoms. The van der Waals surface area contributed by atoms with Gasteiger partial charge < -0.3 is 14.7 Å². The fourth-order valence-corrected chi connectivity index (χ4v) is 4.73. The number of carboxylic acid groups (broad SMARTS) is 1. The number of aromatic amines is 1. The summed E-state index contributed by atoms with van der Waals surface area (Å²) in [5.74, 6) is -0.269.